The fourth-order valence-electron chi connectivity index (χ4n) is 3.09. The summed E-state index contributed by atoms with van der Waals surface area (Å²) in [6.07, 6.45) is 4.30. The summed E-state index contributed by atoms with van der Waals surface area (Å²) in [6, 6.07) is 0.874. The molecule has 2 aliphatic rings. The van der Waals surface area contributed by atoms with E-state index >= 15 is 0 Å². The van der Waals surface area contributed by atoms with Crippen LogP contribution in [-0.2, 0) is 0 Å². The summed E-state index contributed by atoms with van der Waals surface area (Å²) < 4.78 is 0. The van der Waals surface area contributed by atoms with Crippen molar-refractivity contribution in [3.63, 3.8) is 0 Å². The van der Waals surface area contributed by atoms with Crippen LogP contribution in [0.25, 0.3) is 0 Å². The van der Waals surface area contributed by atoms with Gasteiger partial charge in [0.1, 0.15) is 0 Å². The van der Waals surface area contributed by atoms with Crippen LogP contribution in [0, 0.1) is 11.8 Å². The van der Waals surface area contributed by atoms with Crippen molar-refractivity contribution in [2.45, 2.75) is 39.2 Å². The SMILES string of the molecule is CC(C)C1CNCCN2CCCCC12. The Hall–Kier alpha value is -0.0800. The molecule has 82 valence electrons. The predicted molar refractivity (Wildman–Crippen MR) is 60.4 cm³/mol. The van der Waals surface area contributed by atoms with Crippen LogP contribution in [0.15, 0.2) is 0 Å². The smallest absolute Gasteiger partial charge is 0.0139 e. The van der Waals surface area contributed by atoms with Crippen LogP contribution in [0.3, 0.4) is 0 Å². The van der Waals surface area contributed by atoms with Crippen LogP contribution >= 0.6 is 0 Å². The fourth-order valence-corrected chi connectivity index (χ4v) is 3.09. The Kier molecular flexibility index (Phi) is 3.45. The van der Waals surface area contributed by atoms with Gasteiger partial charge in [-0.25, -0.2) is 0 Å². The summed E-state index contributed by atoms with van der Waals surface area (Å²) >= 11 is 0. The second-order valence-electron chi connectivity index (χ2n) is 5.21. The average molecular weight is 196 g/mol. The molecule has 0 spiro atoms. The quantitative estimate of drug-likeness (QED) is 0.687. The molecule has 0 radical (unpaired) electrons. The molecule has 2 heterocycles. The van der Waals surface area contributed by atoms with Gasteiger partial charge in [-0.1, -0.05) is 20.3 Å². The van der Waals surface area contributed by atoms with Crippen LogP contribution in [0.4, 0.5) is 0 Å². The third-order valence-electron chi connectivity index (χ3n) is 3.97. The number of fused-ring (bicyclic) bond motifs is 1. The first-order valence-corrected chi connectivity index (χ1v) is 6.24. The largest absolute Gasteiger partial charge is 0.315 e. The van der Waals surface area contributed by atoms with Crippen LogP contribution < -0.4 is 5.32 Å². The van der Waals surface area contributed by atoms with E-state index in [1.807, 2.05) is 0 Å². The number of hydrogen-bond acceptors (Lipinski definition) is 2. The summed E-state index contributed by atoms with van der Waals surface area (Å²) in [5, 5.41) is 3.59. The van der Waals surface area contributed by atoms with Crippen LogP contribution in [-0.4, -0.2) is 37.1 Å². The molecule has 0 bridgehead atoms. The Morgan fingerprint density at radius 3 is 2.86 bits per heavy atom. The second kappa shape index (κ2) is 4.63. The maximum Gasteiger partial charge on any atom is 0.0139 e. The van der Waals surface area contributed by atoms with Gasteiger partial charge in [-0.3, -0.25) is 4.90 Å². The second-order valence-corrected chi connectivity index (χ2v) is 5.21. The van der Waals surface area contributed by atoms with Crippen molar-refractivity contribution in [3.8, 4) is 0 Å². The normalized spacial score (nSPS) is 35.4. The van der Waals surface area contributed by atoms with E-state index in [0.717, 1.165) is 17.9 Å². The minimum Gasteiger partial charge on any atom is -0.315 e. The average Bonchev–Trinajstić information content (AvgIpc) is 2.39. The molecule has 2 rings (SSSR count). The Labute approximate surface area is 88.1 Å². The third kappa shape index (κ3) is 2.12. The summed E-state index contributed by atoms with van der Waals surface area (Å²) in [6.45, 7) is 9.80. The zero-order valence-electron chi connectivity index (χ0n) is 9.63. The number of piperidine rings is 1. The highest BCUT2D eigenvalue weighted by atomic mass is 15.2. The van der Waals surface area contributed by atoms with E-state index in [2.05, 4.69) is 24.1 Å². The highest BCUT2D eigenvalue weighted by molar-refractivity contribution is 4.88. The lowest BCUT2D eigenvalue weighted by molar-refractivity contribution is 0.0981. The summed E-state index contributed by atoms with van der Waals surface area (Å²) in [4.78, 5) is 2.73. The third-order valence-corrected chi connectivity index (χ3v) is 3.97. The van der Waals surface area contributed by atoms with Gasteiger partial charge in [-0.2, -0.15) is 0 Å². The van der Waals surface area contributed by atoms with Crippen molar-refractivity contribution in [1.29, 1.82) is 0 Å². The van der Waals surface area contributed by atoms with Gasteiger partial charge in [0.25, 0.3) is 0 Å². The first-order chi connectivity index (χ1) is 6.79. The lowest BCUT2D eigenvalue weighted by Gasteiger charge is -2.39. The molecule has 1 N–H and O–H groups in total. The number of hydrogen-bond donors (Lipinski definition) is 1. The van der Waals surface area contributed by atoms with E-state index < -0.39 is 0 Å². The van der Waals surface area contributed by atoms with E-state index in [9.17, 15) is 0 Å². The summed E-state index contributed by atoms with van der Waals surface area (Å²) in [5.74, 6) is 1.70. The highest BCUT2D eigenvalue weighted by Gasteiger charge is 2.32. The predicted octanol–water partition coefficient (Wildman–Crippen LogP) is 1.72. The monoisotopic (exact) mass is 196 g/mol. The summed E-state index contributed by atoms with van der Waals surface area (Å²) in [5.41, 5.74) is 0. The van der Waals surface area contributed by atoms with Gasteiger partial charge in [0.2, 0.25) is 0 Å². The lowest BCUT2D eigenvalue weighted by atomic mass is 9.83. The van der Waals surface area contributed by atoms with Crippen molar-refractivity contribution in [2.75, 3.05) is 26.2 Å². The molecule has 14 heavy (non-hydrogen) atoms. The van der Waals surface area contributed by atoms with E-state index in [0.29, 0.717) is 0 Å². The molecule has 2 saturated heterocycles. The van der Waals surface area contributed by atoms with Gasteiger partial charge in [0.15, 0.2) is 0 Å². The molecule has 0 aromatic heterocycles. The molecule has 0 aromatic carbocycles. The number of nitrogens with one attached hydrogen (secondary N) is 1. The first kappa shape index (κ1) is 10.4. The molecule has 2 atom stereocenters. The van der Waals surface area contributed by atoms with Crippen molar-refractivity contribution in [2.24, 2.45) is 11.8 Å². The fraction of sp³-hybridized carbons (Fsp3) is 1.00. The highest BCUT2D eigenvalue weighted by Crippen LogP contribution is 2.28. The molecule has 2 fully saturated rings. The Morgan fingerprint density at radius 2 is 2.07 bits per heavy atom. The van der Waals surface area contributed by atoms with Gasteiger partial charge in [0, 0.05) is 19.1 Å². The molecule has 0 aromatic rings. The van der Waals surface area contributed by atoms with Gasteiger partial charge in [-0.05, 0) is 37.8 Å². The van der Waals surface area contributed by atoms with E-state index in [1.54, 1.807) is 0 Å². The van der Waals surface area contributed by atoms with E-state index in [4.69, 9.17) is 0 Å². The number of rotatable bonds is 1. The Bertz CT molecular complexity index is 179. The van der Waals surface area contributed by atoms with Crippen molar-refractivity contribution in [3.05, 3.63) is 0 Å². The van der Waals surface area contributed by atoms with E-state index in [-0.39, 0.29) is 0 Å². The van der Waals surface area contributed by atoms with E-state index in [1.165, 1.54) is 45.4 Å². The van der Waals surface area contributed by atoms with Gasteiger partial charge < -0.3 is 5.32 Å². The molecule has 0 amide bonds. The topological polar surface area (TPSA) is 15.3 Å². The molecule has 2 aliphatic heterocycles. The number of nitrogens with zero attached hydrogens (tertiary/aromatic N) is 1. The molecular formula is C12H24N2. The maximum absolute atomic E-state index is 3.59. The molecule has 2 heteroatoms. The zero-order chi connectivity index (χ0) is 9.97. The van der Waals surface area contributed by atoms with Crippen molar-refractivity contribution < 1.29 is 0 Å². The maximum atomic E-state index is 3.59. The minimum absolute atomic E-state index is 0.825. The van der Waals surface area contributed by atoms with Crippen LogP contribution in [0.5, 0.6) is 0 Å². The molecule has 0 saturated carbocycles. The standard InChI is InChI=1S/C12H24N2/c1-10(2)11-9-13-6-8-14-7-4-3-5-12(11)14/h10-13H,3-9H2,1-2H3. The lowest BCUT2D eigenvalue weighted by Crippen LogP contribution is -2.45. The molecule has 2 nitrogen and oxygen atoms in total. The molecule has 2 unspecified atom stereocenters. The summed E-state index contributed by atoms with van der Waals surface area (Å²) in [7, 11) is 0. The molecule has 0 aliphatic carbocycles. The Balaban J connectivity index is 2.06. The minimum atomic E-state index is 0.825. The Morgan fingerprint density at radius 1 is 1.21 bits per heavy atom. The molecular weight excluding hydrogens is 172 g/mol. The first-order valence-electron chi connectivity index (χ1n) is 6.24. The van der Waals surface area contributed by atoms with Crippen molar-refractivity contribution >= 4 is 0 Å². The van der Waals surface area contributed by atoms with Crippen LogP contribution in [0.2, 0.25) is 0 Å². The van der Waals surface area contributed by atoms with Gasteiger partial charge >= 0.3 is 0 Å². The zero-order valence-corrected chi connectivity index (χ0v) is 9.63. The van der Waals surface area contributed by atoms with Gasteiger partial charge in [-0.15, -0.1) is 0 Å². The van der Waals surface area contributed by atoms with Gasteiger partial charge in [0.05, 0.1) is 0 Å². The van der Waals surface area contributed by atoms with Crippen LogP contribution in [0.1, 0.15) is 33.1 Å². The van der Waals surface area contributed by atoms with Crippen molar-refractivity contribution in [1.82, 2.24) is 10.2 Å².